The number of rotatable bonds is 5. The molecule has 1 aromatic rings. The van der Waals surface area contributed by atoms with Gasteiger partial charge < -0.3 is 15.7 Å². The summed E-state index contributed by atoms with van der Waals surface area (Å²) in [5.74, 6) is -0.770. The van der Waals surface area contributed by atoms with Gasteiger partial charge in [0.05, 0.1) is 6.54 Å². The smallest absolute Gasteiger partial charge is 0.405 e. The highest BCUT2D eigenvalue weighted by molar-refractivity contribution is 5.99. The average Bonchev–Trinajstić information content (AvgIpc) is 2.35. The van der Waals surface area contributed by atoms with Crippen LogP contribution in [0.1, 0.15) is 17.3 Å². The summed E-state index contributed by atoms with van der Waals surface area (Å²) in [7, 11) is 0. The molecule has 0 heterocycles. The Morgan fingerprint density at radius 2 is 1.83 bits per heavy atom. The molecule has 1 aromatic carbocycles. The van der Waals surface area contributed by atoms with E-state index in [1.807, 2.05) is 5.32 Å². The monoisotopic (exact) mass is 250 g/mol. The first-order valence-electron chi connectivity index (χ1n) is 5.36. The number of ketones is 1. The standard InChI is InChI=1S/C12H14N2O4/c1-8(14-12(17)18)11(16)13-7-10(15)9-5-3-2-4-6-9/h2-6,8,14H,7H2,1H3,(H,13,16)(H,17,18)/t8-/m0/s1. The molecule has 0 radical (unpaired) electrons. The summed E-state index contributed by atoms with van der Waals surface area (Å²) in [5.41, 5.74) is 0.497. The summed E-state index contributed by atoms with van der Waals surface area (Å²) in [6.45, 7) is 1.24. The number of hydrogen-bond acceptors (Lipinski definition) is 3. The highest BCUT2D eigenvalue weighted by Gasteiger charge is 2.15. The molecule has 6 heteroatoms. The lowest BCUT2D eigenvalue weighted by Crippen LogP contribution is -2.45. The van der Waals surface area contributed by atoms with Gasteiger partial charge in [0.2, 0.25) is 5.91 Å². The van der Waals surface area contributed by atoms with Crippen LogP contribution in [0.15, 0.2) is 30.3 Å². The molecule has 18 heavy (non-hydrogen) atoms. The quantitative estimate of drug-likeness (QED) is 0.668. The zero-order chi connectivity index (χ0) is 13.5. The molecule has 96 valence electrons. The van der Waals surface area contributed by atoms with E-state index in [4.69, 9.17) is 5.11 Å². The number of hydrogen-bond donors (Lipinski definition) is 3. The second-order valence-corrected chi connectivity index (χ2v) is 3.68. The largest absolute Gasteiger partial charge is 0.465 e. The Hall–Kier alpha value is -2.37. The topological polar surface area (TPSA) is 95.5 Å². The Morgan fingerprint density at radius 1 is 1.22 bits per heavy atom. The van der Waals surface area contributed by atoms with E-state index in [1.165, 1.54) is 6.92 Å². The zero-order valence-electron chi connectivity index (χ0n) is 9.84. The highest BCUT2D eigenvalue weighted by atomic mass is 16.4. The van der Waals surface area contributed by atoms with Gasteiger partial charge in [-0.3, -0.25) is 9.59 Å². The van der Waals surface area contributed by atoms with Gasteiger partial charge in [-0.2, -0.15) is 0 Å². The lowest BCUT2D eigenvalue weighted by molar-refractivity contribution is -0.122. The van der Waals surface area contributed by atoms with Gasteiger partial charge in [0, 0.05) is 5.56 Å². The fourth-order valence-electron chi connectivity index (χ4n) is 1.30. The van der Waals surface area contributed by atoms with Crippen LogP contribution in [0.4, 0.5) is 4.79 Å². The summed E-state index contributed by atoms with van der Waals surface area (Å²) >= 11 is 0. The summed E-state index contributed by atoms with van der Waals surface area (Å²) < 4.78 is 0. The van der Waals surface area contributed by atoms with E-state index in [1.54, 1.807) is 30.3 Å². The van der Waals surface area contributed by atoms with E-state index in [2.05, 4.69) is 5.32 Å². The van der Waals surface area contributed by atoms with Crippen molar-refractivity contribution in [1.82, 2.24) is 10.6 Å². The van der Waals surface area contributed by atoms with Crippen LogP contribution in [0, 0.1) is 0 Å². The van der Waals surface area contributed by atoms with Gasteiger partial charge in [-0.05, 0) is 6.92 Å². The number of amides is 2. The van der Waals surface area contributed by atoms with Crippen LogP contribution in [0.25, 0.3) is 0 Å². The molecule has 0 aliphatic rings. The second-order valence-electron chi connectivity index (χ2n) is 3.68. The van der Waals surface area contributed by atoms with Crippen molar-refractivity contribution in [2.45, 2.75) is 13.0 Å². The lowest BCUT2D eigenvalue weighted by Gasteiger charge is -2.11. The van der Waals surface area contributed by atoms with Crippen molar-refractivity contribution >= 4 is 17.8 Å². The average molecular weight is 250 g/mol. The normalized spacial score (nSPS) is 11.4. The van der Waals surface area contributed by atoms with Gasteiger partial charge in [0.1, 0.15) is 6.04 Å². The molecule has 3 N–H and O–H groups in total. The molecule has 1 atom stereocenters. The Kier molecular flexibility index (Phi) is 4.86. The lowest BCUT2D eigenvalue weighted by atomic mass is 10.1. The van der Waals surface area contributed by atoms with Crippen LogP contribution < -0.4 is 10.6 Å². The Balaban J connectivity index is 2.44. The van der Waals surface area contributed by atoms with Crippen molar-refractivity contribution in [3.8, 4) is 0 Å². The third-order valence-corrected chi connectivity index (χ3v) is 2.25. The van der Waals surface area contributed by atoms with Gasteiger partial charge in [-0.15, -0.1) is 0 Å². The highest BCUT2D eigenvalue weighted by Crippen LogP contribution is 1.98. The van der Waals surface area contributed by atoms with E-state index in [-0.39, 0.29) is 12.3 Å². The third kappa shape index (κ3) is 4.25. The molecule has 1 rings (SSSR count). The first-order valence-corrected chi connectivity index (χ1v) is 5.36. The number of Topliss-reactive ketones (excluding diaryl/α,β-unsaturated/α-hetero) is 1. The molecular formula is C12H14N2O4. The number of benzene rings is 1. The second kappa shape index (κ2) is 6.39. The number of carbonyl (C=O) groups is 3. The van der Waals surface area contributed by atoms with Crippen molar-refractivity contribution in [2.24, 2.45) is 0 Å². The molecule has 2 amide bonds. The molecule has 0 aliphatic carbocycles. The van der Waals surface area contributed by atoms with E-state index < -0.39 is 18.0 Å². The maximum absolute atomic E-state index is 11.6. The van der Waals surface area contributed by atoms with E-state index in [9.17, 15) is 14.4 Å². The fourth-order valence-corrected chi connectivity index (χ4v) is 1.30. The van der Waals surface area contributed by atoms with Gasteiger partial charge >= 0.3 is 6.09 Å². The maximum Gasteiger partial charge on any atom is 0.405 e. The van der Waals surface area contributed by atoms with Crippen molar-refractivity contribution in [2.75, 3.05) is 6.54 Å². The molecule has 0 aromatic heterocycles. The molecule has 0 aliphatic heterocycles. The van der Waals surface area contributed by atoms with Crippen molar-refractivity contribution in [3.05, 3.63) is 35.9 Å². The van der Waals surface area contributed by atoms with Gasteiger partial charge in [-0.1, -0.05) is 30.3 Å². The first kappa shape index (κ1) is 13.7. The van der Waals surface area contributed by atoms with Gasteiger partial charge in [0.25, 0.3) is 0 Å². The molecule has 0 saturated carbocycles. The van der Waals surface area contributed by atoms with Crippen LogP contribution in [0.3, 0.4) is 0 Å². The van der Waals surface area contributed by atoms with Crippen molar-refractivity contribution < 1.29 is 19.5 Å². The van der Waals surface area contributed by atoms with Crippen molar-refractivity contribution in [3.63, 3.8) is 0 Å². The SMILES string of the molecule is C[C@H](NC(=O)O)C(=O)NCC(=O)c1ccccc1. The molecule has 6 nitrogen and oxygen atoms in total. The minimum absolute atomic E-state index is 0.158. The van der Waals surface area contributed by atoms with Crippen LogP contribution in [-0.4, -0.2) is 35.5 Å². The predicted octanol–water partition coefficient (Wildman–Crippen LogP) is 0.642. The van der Waals surface area contributed by atoms with Crippen LogP contribution in [0.5, 0.6) is 0 Å². The summed E-state index contributed by atoms with van der Waals surface area (Å²) in [6.07, 6.45) is -1.29. The van der Waals surface area contributed by atoms with Crippen LogP contribution in [0.2, 0.25) is 0 Å². The molecule has 0 unspecified atom stereocenters. The summed E-state index contributed by atoms with van der Waals surface area (Å²) in [6, 6.07) is 7.63. The third-order valence-electron chi connectivity index (χ3n) is 2.25. The molecule has 0 bridgehead atoms. The Morgan fingerprint density at radius 3 is 2.39 bits per heavy atom. The van der Waals surface area contributed by atoms with Gasteiger partial charge in [0.15, 0.2) is 5.78 Å². The maximum atomic E-state index is 11.6. The zero-order valence-corrected chi connectivity index (χ0v) is 9.84. The minimum atomic E-state index is -1.29. The fraction of sp³-hybridized carbons (Fsp3) is 0.250. The minimum Gasteiger partial charge on any atom is -0.465 e. The summed E-state index contributed by atoms with van der Waals surface area (Å²) in [4.78, 5) is 33.4. The van der Waals surface area contributed by atoms with Crippen LogP contribution >= 0.6 is 0 Å². The summed E-state index contributed by atoms with van der Waals surface area (Å²) in [5, 5.41) is 12.8. The molecular weight excluding hydrogens is 236 g/mol. The van der Waals surface area contributed by atoms with Crippen molar-refractivity contribution in [1.29, 1.82) is 0 Å². The van der Waals surface area contributed by atoms with E-state index in [0.29, 0.717) is 5.56 Å². The first-order chi connectivity index (χ1) is 8.50. The van der Waals surface area contributed by atoms with E-state index >= 15 is 0 Å². The Bertz CT molecular complexity index is 445. The van der Waals surface area contributed by atoms with E-state index in [0.717, 1.165) is 0 Å². The number of nitrogens with one attached hydrogen (secondary N) is 2. The Labute approximate surface area is 104 Å². The predicted molar refractivity (Wildman–Crippen MR) is 64.4 cm³/mol. The molecule has 0 saturated heterocycles. The number of carboxylic acid groups (broad SMARTS) is 1. The molecule has 0 spiro atoms. The van der Waals surface area contributed by atoms with Crippen LogP contribution in [-0.2, 0) is 4.79 Å². The van der Waals surface area contributed by atoms with Gasteiger partial charge in [-0.25, -0.2) is 4.79 Å². The number of carbonyl (C=O) groups excluding carboxylic acids is 2. The molecule has 0 fully saturated rings.